The molecule has 0 bridgehead atoms. The molecule has 0 amide bonds. The molecular formula is C12H12BrClN6O. The van der Waals surface area contributed by atoms with Gasteiger partial charge in [-0.2, -0.15) is 4.98 Å². The lowest BCUT2D eigenvalue weighted by molar-refractivity contribution is 0.195. The third-order valence-electron chi connectivity index (χ3n) is 3.34. The van der Waals surface area contributed by atoms with Crippen molar-refractivity contribution < 1.29 is 4.74 Å². The molecule has 21 heavy (non-hydrogen) atoms. The Balaban J connectivity index is 0.00000132. The zero-order valence-electron chi connectivity index (χ0n) is 10.9. The first-order valence-corrected chi connectivity index (χ1v) is 7.09. The number of rotatable bonds is 3. The maximum Gasteiger partial charge on any atom is 0.262 e. The van der Waals surface area contributed by atoms with Gasteiger partial charge in [0.1, 0.15) is 6.33 Å². The van der Waals surface area contributed by atoms with Crippen molar-refractivity contribution in [2.45, 2.75) is 0 Å². The largest absolute Gasteiger partial charge is 0.475 e. The molecule has 3 aromatic heterocycles. The first-order valence-electron chi connectivity index (χ1n) is 6.30. The fraction of sp³-hybridized carbons (Fsp3) is 0.333. The first kappa shape index (κ1) is 14.4. The Morgan fingerprint density at radius 3 is 3.05 bits per heavy atom. The number of nitrogens with zero attached hydrogens (tertiary/aromatic N) is 5. The molecule has 4 heterocycles. The molecule has 0 aliphatic carbocycles. The Hall–Kier alpha value is -1.51. The SMILES string of the molecule is Brc1cnc2nc(OCC3CNC3)c3nncn3c2c1.Cl. The van der Waals surface area contributed by atoms with E-state index in [9.17, 15) is 0 Å². The smallest absolute Gasteiger partial charge is 0.262 e. The number of halogens is 2. The molecule has 0 aromatic carbocycles. The zero-order valence-corrected chi connectivity index (χ0v) is 13.3. The maximum absolute atomic E-state index is 5.79. The lowest BCUT2D eigenvalue weighted by Gasteiger charge is -2.26. The van der Waals surface area contributed by atoms with Gasteiger partial charge >= 0.3 is 0 Å². The summed E-state index contributed by atoms with van der Waals surface area (Å²) in [5.41, 5.74) is 2.07. The molecule has 1 aliphatic heterocycles. The van der Waals surface area contributed by atoms with Crippen molar-refractivity contribution in [1.82, 2.24) is 29.9 Å². The second-order valence-electron chi connectivity index (χ2n) is 4.77. The Kier molecular flexibility index (Phi) is 3.92. The van der Waals surface area contributed by atoms with Crippen molar-refractivity contribution in [3.05, 3.63) is 23.1 Å². The average molecular weight is 372 g/mol. The molecule has 0 saturated carbocycles. The van der Waals surface area contributed by atoms with Gasteiger partial charge in [-0.25, -0.2) is 4.98 Å². The Bertz CT molecular complexity index is 790. The number of hydrogen-bond donors (Lipinski definition) is 1. The van der Waals surface area contributed by atoms with Gasteiger partial charge in [-0.3, -0.25) is 4.40 Å². The molecule has 1 N–H and O–H groups in total. The molecule has 0 atom stereocenters. The Morgan fingerprint density at radius 2 is 2.29 bits per heavy atom. The van der Waals surface area contributed by atoms with Crippen LogP contribution in [0, 0.1) is 5.92 Å². The Labute approximate surface area is 134 Å². The van der Waals surface area contributed by atoms with Crippen LogP contribution in [0.3, 0.4) is 0 Å². The molecule has 0 radical (unpaired) electrons. The summed E-state index contributed by atoms with van der Waals surface area (Å²) in [6.07, 6.45) is 3.36. The number of pyridine rings is 1. The van der Waals surface area contributed by atoms with Gasteiger partial charge in [-0.05, 0) is 22.0 Å². The van der Waals surface area contributed by atoms with Crippen molar-refractivity contribution in [3.63, 3.8) is 0 Å². The van der Waals surface area contributed by atoms with Crippen molar-refractivity contribution >= 4 is 45.1 Å². The van der Waals surface area contributed by atoms with E-state index >= 15 is 0 Å². The number of fused-ring (bicyclic) bond motifs is 3. The van der Waals surface area contributed by atoms with Crippen molar-refractivity contribution in [1.29, 1.82) is 0 Å². The van der Waals surface area contributed by atoms with Crippen LogP contribution in [0.1, 0.15) is 0 Å². The van der Waals surface area contributed by atoms with Crippen LogP contribution in [0.5, 0.6) is 5.88 Å². The number of aromatic nitrogens is 5. The van der Waals surface area contributed by atoms with E-state index in [0.717, 1.165) is 23.1 Å². The predicted octanol–water partition coefficient (Wildman–Crippen LogP) is 1.45. The molecule has 0 unspecified atom stereocenters. The van der Waals surface area contributed by atoms with Gasteiger partial charge in [0.05, 0.1) is 12.1 Å². The van der Waals surface area contributed by atoms with Crippen LogP contribution < -0.4 is 10.1 Å². The van der Waals surface area contributed by atoms with E-state index in [0.29, 0.717) is 29.7 Å². The summed E-state index contributed by atoms with van der Waals surface area (Å²) in [6, 6.07) is 1.94. The summed E-state index contributed by atoms with van der Waals surface area (Å²) >= 11 is 3.41. The minimum Gasteiger partial charge on any atom is -0.475 e. The van der Waals surface area contributed by atoms with E-state index in [4.69, 9.17) is 4.74 Å². The normalized spacial score (nSPS) is 14.9. The summed E-state index contributed by atoms with van der Waals surface area (Å²) < 4.78 is 8.52. The van der Waals surface area contributed by atoms with Gasteiger partial charge in [-0.1, -0.05) is 0 Å². The summed E-state index contributed by atoms with van der Waals surface area (Å²) in [5, 5.41) is 11.2. The summed E-state index contributed by atoms with van der Waals surface area (Å²) in [7, 11) is 0. The van der Waals surface area contributed by atoms with Crippen LogP contribution in [-0.2, 0) is 0 Å². The van der Waals surface area contributed by atoms with Crippen LogP contribution in [-0.4, -0.2) is 44.3 Å². The van der Waals surface area contributed by atoms with Crippen molar-refractivity contribution in [2.24, 2.45) is 5.92 Å². The molecular weight excluding hydrogens is 360 g/mol. The second-order valence-corrected chi connectivity index (χ2v) is 5.69. The number of nitrogens with one attached hydrogen (secondary N) is 1. The summed E-state index contributed by atoms with van der Waals surface area (Å²) in [4.78, 5) is 8.75. The topological polar surface area (TPSA) is 77.2 Å². The van der Waals surface area contributed by atoms with Crippen LogP contribution in [0.4, 0.5) is 0 Å². The minimum atomic E-state index is 0. The highest BCUT2D eigenvalue weighted by Gasteiger charge is 2.19. The van der Waals surface area contributed by atoms with Crippen molar-refractivity contribution in [3.8, 4) is 5.88 Å². The molecule has 3 aromatic rings. The summed E-state index contributed by atoms with van der Waals surface area (Å²) in [6.45, 7) is 2.61. The molecule has 110 valence electrons. The zero-order chi connectivity index (χ0) is 13.5. The fourth-order valence-corrected chi connectivity index (χ4v) is 2.47. The number of hydrogen-bond acceptors (Lipinski definition) is 6. The van der Waals surface area contributed by atoms with Crippen LogP contribution in [0.2, 0.25) is 0 Å². The molecule has 1 fully saturated rings. The summed E-state index contributed by atoms with van der Waals surface area (Å²) in [5.74, 6) is 1.02. The molecule has 1 aliphatic rings. The Morgan fingerprint density at radius 1 is 1.43 bits per heavy atom. The van der Waals surface area contributed by atoms with E-state index in [1.54, 1.807) is 12.5 Å². The average Bonchev–Trinajstić information content (AvgIpc) is 2.87. The maximum atomic E-state index is 5.79. The molecule has 9 heteroatoms. The lowest BCUT2D eigenvalue weighted by atomic mass is 10.1. The highest BCUT2D eigenvalue weighted by atomic mass is 79.9. The second kappa shape index (κ2) is 5.70. The molecule has 0 spiro atoms. The van der Waals surface area contributed by atoms with Gasteiger partial charge in [-0.15, -0.1) is 22.6 Å². The van der Waals surface area contributed by atoms with Crippen LogP contribution in [0.25, 0.3) is 16.8 Å². The van der Waals surface area contributed by atoms with Crippen molar-refractivity contribution in [2.75, 3.05) is 19.7 Å². The van der Waals surface area contributed by atoms with Gasteiger partial charge in [0, 0.05) is 29.7 Å². The van der Waals surface area contributed by atoms with Crippen LogP contribution >= 0.6 is 28.3 Å². The quantitative estimate of drug-likeness (QED) is 0.751. The standard InChI is InChI=1S/C12H11BrN6O.ClH/c13-8-1-9-10(15-4-8)17-12(11-18-16-6-19(9)11)20-5-7-2-14-3-7;/h1,4,6-7,14H,2-3,5H2;1H. The third kappa shape index (κ3) is 2.54. The lowest BCUT2D eigenvalue weighted by Crippen LogP contribution is -2.45. The van der Waals surface area contributed by atoms with Gasteiger partial charge in [0.2, 0.25) is 5.65 Å². The minimum absolute atomic E-state index is 0. The van der Waals surface area contributed by atoms with E-state index in [1.165, 1.54) is 0 Å². The molecule has 4 rings (SSSR count). The van der Waals surface area contributed by atoms with Gasteiger partial charge in [0.25, 0.3) is 5.88 Å². The third-order valence-corrected chi connectivity index (χ3v) is 3.78. The fourth-order valence-electron chi connectivity index (χ4n) is 2.15. The van der Waals surface area contributed by atoms with Gasteiger partial charge < -0.3 is 10.1 Å². The van der Waals surface area contributed by atoms with E-state index in [-0.39, 0.29) is 12.4 Å². The highest BCUT2D eigenvalue weighted by Crippen LogP contribution is 2.23. The monoisotopic (exact) mass is 370 g/mol. The van der Waals surface area contributed by atoms with E-state index in [1.807, 2.05) is 10.5 Å². The predicted molar refractivity (Wildman–Crippen MR) is 82.9 cm³/mol. The first-order chi connectivity index (χ1) is 9.81. The number of ether oxygens (including phenoxy) is 1. The highest BCUT2D eigenvalue weighted by molar-refractivity contribution is 9.10. The van der Waals surface area contributed by atoms with Gasteiger partial charge in [0.15, 0.2) is 5.65 Å². The molecule has 7 nitrogen and oxygen atoms in total. The van der Waals surface area contributed by atoms with E-state index < -0.39 is 0 Å². The molecule has 1 saturated heterocycles. The van der Waals surface area contributed by atoms with E-state index in [2.05, 4.69) is 41.4 Å². The van der Waals surface area contributed by atoms with Crippen LogP contribution in [0.15, 0.2) is 23.1 Å².